The highest BCUT2D eigenvalue weighted by Crippen LogP contribution is 2.18. The lowest BCUT2D eigenvalue weighted by atomic mass is 10.1. The number of hydrogen-bond donors (Lipinski definition) is 0. The topological polar surface area (TPSA) is 0 Å². The molecule has 0 radical (unpaired) electrons. The van der Waals surface area contributed by atoms with Crippen LogP contribution in [-0.4, -0.2) is 0 Å². The summed E-state index contributed by atoms with van der Waals surface area (Å²) < 4.78 is 0. The quantitative estimate of drug-likeness (QED) is 0.255. The number of rotatable bonds is 6. The molecular formula is C45H94. The minimum Gasteiger partial charge on any atom is -0.0654 e. The van der Waals surface area contributed by atoms with E-state index < -0.39 is 0 Å². The molecular weight excluding hydrogens is 540 g/mol. The van der Waals surface area contributed by atoms with Crippen LogP contribution in [0.2, 0.25) is 0 Å². The molecule has 0 aliphatic heterocycles. The van der Waals surface area contributed by atoms with E-state index in [2.05, 4.69) is 27.7 Å². The van der Waals surface area contributed by atoms with E-state index in [9.17, 15) is 0 Å². The Hall–Kier alpha value is 0. The van der Waals surface area contributed by atoms with Gasteiger partial charge in [-0.05, 0) is 0 Å². The summed E-state index contributed by atoms with van der Waals surface area (Å²) in [5.41, 5.74) is 0. The molecule has 0 unspecified atom stereocenters. The maximum atomic E-state index is 2.26. The molecule has 11 rings (SSSR count). The van der Waals surface area contributed by atoms with E-state index in [4.69, 9.17) is 0 Å². The van der Waals surface area contributed by atoms with Crippen LogP contribution in [0.3, 0.4) is 0 Å². The molecule has 11 fully saturated rings. The Morgan fingerprint density at radius 3 is 0.311 bits per heavy atom. The molecule has 0 aromatic heterocycles. The predicted octanol–water partition coefficient (Wildman–Crippen LogP) is 18.0. The Kier molecular flexibility index (Phi) is 50.7. The Morgan fingerprint density at radius 1 is 0.156 bits per heavy atom. The fourth-order valence-electron chi connectivity index (χ4n) is 0.854. The average Bonchev–Trinajstić information content (AvgIpc) is 3.92. The number of hydrogen-bond acceptors (Lipinski definition) is 0. The van der Waals surface area contributed by atoms with Gasteiger partial charge in [0, 0.05) is 0 Å². The van der Waals surface area contributed by atoms with Gasteiger partial charge in [-0.25, -0.2) is 0 Å². The fraction of sp³-hybridized carbons (Fsp3) is 1.00. The normalized spacial score (nSPS) is 20.0. The Balaban J connectivity index is 0. The first-order chi connectivity index (χ1) is 22.3. The molecule has 45 heavy (non-hydrogen) atoms. The smallest absolute Gasteiger partial charge is 0.0533 e. The molecule has 11 aliphatic carbocycles. The first kappa shape index (κ1) is 47.1. The van der Waals surface area contributed by atoms with E-state index in [0.717, 1.165) is 0 Å². The summed E-state index contributed by atoms with van der Waals surface area (Å²) in [5.74, 6) is 0. The summed E-state index contributed by atoms with van der Waals surface area (Å²) in [7, 11) is 0. The van der Waals surface area contributed by atoms with Gasteiger partial charge in [0.2, 0.25) is 0 Å². The highest BCUT2D eigenvalue weighted by Gasteiger charge is 1.98. The van der Waals surface area contributed by atoms with Gasteiger partial charge in [-0.1, -0.05) is 291 Å². The summed E-state index contributed by atoms with van der Waals surface area (Å²) in [5, 5.41) is 0. The van der Waals surface area contributed by atoms with Crippen molar-refractivity contribution in [3.8, 4) is 0 Å². The summed E-state index contributed by atoms with van der Waals surface area (Å²) in [6.07, 6.45) is 60.6. The first-order valence-electron chi connectivity index (χ1n) is 22.3. The van der Waals surface area contributed by atoms with Crippen molar-refractivity contribution < 1.29 is 0 Å². The zero-order valence-electron chi connectivity index (χ0n) is 33.0. The maximum absolute atomic E-state index is 2.26. The van der Waals surface area contributed by atoms with Gasteiger partial charge >= 0.3 is 0 Å². The van der Waals surface area contributed by atoms with E-state index in [1.54, 1.807) is 0 Å². The molecule has 0 N–H and O–H groups in total. The van der Waals surface area contributed by atoms with Gasteiger partial charge in [-0.3, -0.25) is 0 Å². The third kappa shape index (κ3) is 269. The Bertz CT molecular complexity index is 265. The van der Waals surface area contributed by atoms with Gasteiger partial charge in [0.1, 0.15) is 0 Å². The molecule has 0 spiro atoms. The fourth-order valence-corrected chi connectivity index (χ4v) is 0.854. The van der Waals surface area contributed by atoms with Gasteiger partial charge < -0.3 is 0 Å². The highest BCUT2D eigenvalue weighted by atomic mass is 14.0. The average molecular weight is 635 g/mol. The van der Waals surface area contributed by atoms with Crippen LogP contribution < -0.4 is 0 Å². The molecule has 11 saturated carbocycles. The van der Waals surface area contributed by atoms with Crippen molar-refractivity contribution in [2.24, 2.45) is 0 Å². The van der Waals surface area contributed by atoms with Gasteiger partial charge in [-0.2, -0.15) is 0 Å². The SMILES string of the molecule is C1CC1.C1CC1.C1CC1.C1CC1.C1CC1.C1CC1.C1CC1.C1CC1.C1CC1.C1CC1.C1CC1.CCCC.CCCCCCCC. The van der Waals surface area contributed by atoms with Crippen molar-refractivity contribution in [3.63, 3.8) is 0 Å². The minimum absolute atomic E-state index is 1.32. The van der Waals surface area contributed by atoms with Crippen LogP contribution >= 0.6 is 0 Å². The highest BCUT2D eigenvalue weighted by molar-refractivity contribution is 4.53. The van der Waals surface area contributed by atoms with Crippen LogP contribution in [0.15, 0.2) is 0 Å². The van der Waals surface area contributed by atoms with Crippen molar-refractivity contribution in [2.45, 2.75) is 291 Å². The monoisotopic (exact) mass is 635 g/mol. The molecule has 0 amide bonds. The summed E-state index contributed by atoms with van der Waals surface area (Å²) in [4.78, 5) is 0. The maximum Gasteiger partial charge on any atom is -0.0533 e. The zero-order chi connectivity index (χ0) is 33.0. The third-order valence-corrected chi connectivity index (χ3v) is 5.85. The molecule has 11 aliphatic rings. The van der Waals surface area contributed by atoms with Gasteiger partial charge in [-0.15, -0.1) is 0 Å². The molecule has 0 aromatic rings. The van der Waals surface area contributed by atoms with Crippen LogP contribution in [0.25, 0.3) is 0 Å². The van der Waals surface area contributed by atoms with Crippen LogP contribution in [0.5, 0.6) is 0 Å². The zero-order valence-corrected chi connectivity index (χ0v) is 33.0. The number of unbranched alkanes of at least 4 members (excludes halogenated alkanes) is 6. The van der Waals surface area contributed by atoms with Crippen LogP contribution in [0.1, 0.15) is 291 Å². The molecule has 0 bridgehead atoms. The minimum atomic E-state index is 1.32. The first-order valence-corrected chi connectivity index (χ1v) is 22.3. The van der Waals surface area contributed by atoms with Crippen LogP contribution in [0, 0.1) is 0 Å². The van der Waals surface area contributed by atoms with E-state index in [1.807, 2.05) is 0 Å². The van der Waals surface area contributed by atoms with E-state index in [1.165, 1.54) is 263 Å². The molecule has 0 heterocycles. The standard InChI is InChI=1S/C8H18.C4H10.11C3H6/c1-3-5-7-8-6-4-2;1-3-4-2;11*1-2-3-1/h3-8H2,1-2H3;3-4H2,1-2H3;11*1-3H2. The largest absolute Gasteiger partial charge is 0.0654 e. The van der Waals surface area contributed by atoms with Crippen LogP contribution in [-0.2, 0) is 0 Å². The summed E-state index contributed by atoms with van der Waals surface area (Å²) in [6, 6.07) is 0. The Labute approximate surface area is 290 Å². The predicted molar refractivity (Wildman–Crippen MR) is 212 cm³/mol. The van der Waals surface area contributed by atoms with E-state index in [-0.39, 0.29) is 0 Å². The van der Waals surface area contributed by atoms with Crippen LogP contribution in [0.4, 0.5) is 0 Å². The van der Waals surface area contributed by atoms with Gasteiger partial charge in [0.25, 0.3) is 0 Å². The third-order valence-electron chi connectivity index (χ3n) is 5.85. The lowest BCUT2D eigenvalue weighted by Gasteiger charge is -1.93. The van der Waals surface area contributed by atoms with E-state index >= 15 is 0 Å². The van der Waals surface area contributed by atoms with Crippen molar-refractivity contribution in [1.29, 1.82) is 0 Å². The van der Waals surface area contributed by atoms with Gasteiger partial charge in [0.15, 0.2) is 0 Å². The Morgan fingerprint density at radius 2 is 0.267 bits per heavy atom. The molecule has 0 aromatic carbocycles. The van der Waals surface area contributed by atoms with Crippen molar-refractivity contribution in [3.05, 3.63) is 0 Å². The molecule has 0 heteroatoms. The molecule has 0 atom stereocenters. The second-order valence-corrected chi connectivity index (χ2v) is 15.1. The lowest BCUT2D eigenvalue weighted by molar-refractivity contribution is 0.624. The van der Waals surface area contributed by atoms with Gasteiger partial charge in [0.05, 0.1) is 0 Å². The lowest BCUT2D eigenvalue weighted by Crippen LogP contribution is -1.73. The second-order valence-electron chi connectivity index (χ2n) is 15.1. The van der Waals surface area contributed by atoms with Crippen molar-refractivity contribution in [2.75, 3.05) is 0 Å². The molecule has 274 valence electrons. The van der Waals surface area contributed by atoms with E-state index in [0.29, 0.717) is 0 Å². The molecule has 0 saturated heterocycles. The molecule has 0 nitrogen and oxygen atoms in total. The summed E-state index contributed by atoms with van der Waals surface area (Å²) in [6.45, 7) is 8.87. The second kappa shape index (κ2) is 48.4. The van der Waals surface area contributed by atoms with Crippen molar-refractivity contribution >= 4 is 0 Å². The summed E-state index contributed by atoms with van der Waals surface area (Å²) >= 11 is 0. The van der Waals surface area contributed by atoms with Crippen molar-refractivity contribution in [1.82, 2.24) is 0 Å².